The Balaban J connectivity index is 1.33. The summed E-state index contributed by atoms with van der Waals surface area (Å²) in [6, 6.07) is 3.10. The Hall–Kier alpha value is -3.76. The van der Waals surface area contributed by atoms with Crippen LogP contribution in [0, 0.1) is 5.82 Å². The minimum Gasteiger partial charge on any atom is -0.493 e. The van der Waals surface area contributed by atoms with Crippen molar-refractivity contribution in [2.75, 3.05) is 18.5 Å². The van der Waals surface area contributed by atoms with E-state index in [0.717, 1.165) is 11.3 Å². The van der Waals surface area contributed by atoms with Crippen molar-refractivity contribution in [3.63, 3.8) is 0 Å². The fraction of sp³-hybridized carbons (Fsp3) is 0.278. The van der Waals surface area contributed by atoms with Crippen LogP contribution in [0.2, 0.25) is 0 Å². The summed E-state index contributed by atoms with van der Waals surface area (Å²) in [6.45, 7) is 1.76. The lowest BCUT2D eigenvalue weighted by Gasteiger charge is -2.13. The van der Waals surface area contributed by atoms with Gasteiger partial charge in [0.05, 0.1) is 19.3 Å². The molecule has 1 N–H and O–H groups in total. The normalized spacial score (nSPS) is 12.7. The largest absolute Gasteiger partial charge is 0.493 e. The van der Waals surface area contributed by atoms with Gasteiger partial charge in [-0.15, -0.1) is 10.2 Å². The van der Waals surface area contributed by atoms with Crippen molar-refractivity contribution >= 4 is 11.6 Å². The van der Waals surface area contributed by atoms with Crippen LogP contribution in [0.25, 0.3) is 5.65 Å². The second kappa shape index (κ2) is 7.34. The molecule has 0 radical (unpaired) electrons. The van der Waals surface area contributed by atoms with Gasteiger partial charge in [-0.05, 0) is 12.1 Å². The zero-order valence-electron chi connectivity index (χ0n) is 15.3. The van der Waals surface area contributed by atoms with Crippen molar-refractivity contribution in [1.82, 2.24) is 34.3 Å². The standard InChI is InChI=1S/C18H17FN8O2/c19-14-1-2-15-12(3-5-28-15)13(14)7-21-18-22-8-16(17-25-23-11-27(17)18)29-6-4-26-10-20-9-24-26/h1-2,8-11H,3-7H2,(H,21,22). The molecule has 3 aromatic heterocycles. The SMILES string of the molecule is Fc1ccc2c(c1CNc1ncc(OCCn3cncn3)c3nncn13)CCO2. The molecule has 0 bridgehead atoms. The number of halogens is 1. The molecular weight excluding hydrogens is 379 g/mol. The molecule has 0 saturated heterocycles. The van der Waals surface area contributed by atoms with E-state index in [1.165, 1.54) is 18.7 Å². The Morgan fingerprint density at radius 1 is 1.28 bits per heavy atom. The quantitative estimate of drug-likeness (QED) is 0.501. The summed E-state index contributed by atoms with van der Waals surface area (Å²) < 4.78 is 29.0. The van der Waals surface area contributed by atoms with Gasteiger partial charge in [0.25, 0.3) is 0 Å². The van der Waals surface area contributed by atoms with Crippen molar-refractivity contribution in [2.45, 2.75) is 19.5 Å². The molecule has 0 saturated carbocycles. The molecular formula is C18H17FN8O2. The maximum Gasteiger partial charge on any atom is 0.210 e. The first-order valence-corrected chi connectivity index (χ1v) is 9.10. The lowest BCUT2D eigenvalue weighted by atomic mass is 10.0. The van der Waals surface area contributed by atoms with E-state index in [1.807, 2.05) is 0 Å². The van der Waals surface area contributed by atoms with Gasteiger partial charge in [-0.3, -0.25) is 0 Å². The van der Waals surface area contributed by atoms with Crippen LogP contribution >= 0.6 is 0 Å². The minimum atomic E-state index is -0.269. The van der Waals surface area contributed by atoms with E-state index in [9.17, 15) is 4.39 Å². The summed E-state index contributed by atoms with van der Waals surface area (Å²) in [5.74, 6) is 1.45. The molecule has 1 aliphatic heterocycles. The number of hydrogen-bond donors (Lipinski definition) is 1. The maximum absolute atomic E-state index is 14.3. The average molecular weight is 396 g/mol. The molecule has 4 aromatic rings. The number of nitrogens with one attached hydrogen (secondary N) is 1. The highest BCUT2D eigenvalue weighted by molar-refractivity contribution is 5.56. The molecule has 4 heterocycles. The van der Waals surface area contributed by atoms with Crippen molar-refractivity contribution in [3.05, 3.63) is 54.3 Å². The smallest absolute Gasteiger partial charge is 0.210 e. The summed E-state index contributed by atoms with van der Waals surface area (Å²) in [4.78, 5) is 8.28. The van der Waals surface area contributed by atoms with Gasteiger partial charge >= 0.3 is 0 Å². The number of hydrogen-bond acceptors (Lipinski definition) is 8. The van der Waals surface area contributed by atoms with Crippen LogP contribution in [0.3, 0.4) is 0 Å². The van der Waals surface area contributed by atoms with E-state index in [1.54, 1.807) is 27.7 Å². The molecule has 11 heteroatoms. The Kier molecular flexibility index (Phi) is 4.39. The first kappa shape index (κ1) is 17.3. The van der Waals surface area contributed by atoms with Crippen LogP contribution in [0.15, 0.2) is 37.3 Å². The van der Waals surface area contributed by atoms with Gasteiger partial charge in [-0.25, -0.2) is 23.4 Å². The molecule has 5 rings (SSSR count). The number of benzene rings is 1. The predicted molar refractivity (Wildman–Crippen MR) is 99.2 cm³/mol. The molecule has 0 fully saturated rings. The highest BCUT2D eigenvalue weighted by Gasteiger charge is 2.20. The van der Waals surface area contributed by atoms with Gasteiger partial charge in [-0.2, -0.15) is 5.10 Å². The van der Waals surface area contributed by atoms with Gasteiger partial charge < -0.3 is 14.8 Å². The molecule has 10 nitrogen and oxygen atoms in total. The van der Waals surface area contributed by atoms with Gasteiger partial charge in [0.2, 0.25) is 11.6 Å². The van der Waals surface area contributed by atoms with Gasteiger partial charge in [0, 0.05) is 24.1 Å². The first-order valence-electron chi connectivity index (χ1n) is 9.10. The topological polar surface area (TPSA) is 104 Å². The van der Waals surface area contributed by atoms with Crippen molar-refractivity contribution in [1.29, 1.82) is 0 Å². The molecule has 29 heavy (non-hydrogen) atoms. The van der Waals surface area contributed by atoms with Crippen LogP contribution in [0.4, 0.5) is 10.3 Å². The van der Waals surface area contributed by atoms with Crippen LogP contribution in [0.5, 0.6) is 11.5 Å². The second-order valence-corrected chi connectivity index (χ2v) is 6.43. The Morgan fingerprint density at radius 2 is 2.24 bits per heavy atom. The fourth-order valence-electron chi connectivity index (χ4n) is 3.30. The average Bonchev–Trinajstić information content (AvgIpc) is 3.49. The van der Waals surface area contributed by atoms with E-state index in [2.05, 4.69) is 30.6 Å². The summed E-state index contributed by atoms with van der Waals surface area (Å²) in [5.41, 5.74) is 1.99. The summed E-state index contributed by atoms with van der Waals surface area (Å²) >= 11 is 0. The van der Waals surface area contributed by atoms with Crippen molar-refractivity contribution < 1.29 is 13.9 Å². The van der Waals surface area contributed by atoms with Crippen LogP contribution < -0.4 is 14.8 Å². The predicted octanol–water partition coefficient (Wildman–Crippen LogP) is 1.48. The number of ether oxygens (including phenoxy) is 2. The molecule has 0 unspecified atom stereocenters. The first-order chi connectivity index (χ1) is 14.3. The molecule has 1 aliphatic rings. The zero-order valence-corrected chi connectivity index (χ0v) is 15.3. The number of rotatable bonds is 7. The number of nitrogens with zero attached hydrogens (tertiary/aromatic N) is 7. The zero-order chi connectivity index (χ0) is 19.6. The summed E-state index contributed by atoms with van der Waals surface area (Å²) in [7, 11) is 0. The maximum atomic E-state index is 14.3. The van der Waals surface area contributed by atoms with Gasteiger partial charge in [0.1, 0.15) is 37.2 Å². The lowest BCUT2D eigenvalue weighted by Crippen LogP contribution is -2.12. The van der Waals surface area contributed by atoms with Crippen LogP contribution in [0.1, 0.15) is 11.1 Å². The third-order valence-electron chi connectivity index (χ3n) is 4.71. The second-order valence-electron chi connectivity index (χ2n) is 6.43. The van der Waals surface area contributed by atoms with E-state index >= 15 is 0 Å². The lowest BCUT2D eigenvalue weighted by molar-refractivity contribution is 0.291. The van der Waals surface area contributed by atoms with Crippen molar-refractivity contribution in [3.8, 4) is 11.5 Å². The molecule has 0 amide bonds. The molecule has 0 spiro atoms. The Bertz CT molecular complexity index is 1140. The fourth-order valence-corrected chi connectivity index (χ4v) is 3.30. The Morgan fingerprint density at radius 3 is 3.14 bits per heavy atom. The molecule has 148 valence electrons. The minimum absolute atomic E-state index is 0.269. The highest BCUT2D eigenvalue weighted by Crippen LogP contribution is 2.30. The Labute approximate surface area is 164 Å². The van der Waals surface area contributed by atoms with E-state index in [-0.39, 0.29) is 12.4 Å². The third-order valence-corrected chi connectivity index (χ3v) is 4.71. The van der Waals surface area contributed by atoms with Gasteiger partial charge in [0.15, 0.2) is 5.75 Å². The summed E-state index contributed by atoms with van der Waals surface area (Å²) in [6.07, 6.45) is 6.88. The molecule has 1 aromatic carbocycles. The monoisotopic (exact) mass is 396 g/mol. The van der Waals surface area contributed by atoms with E-state index in [0.29, 0.717) is 49.1 Å². The third kappa shape index (κ3) is 3.30. The van der Waals surface area contributed by atoms with Crippen molar-refractivity contribution in [2.24, 2.45) is 0 Å². The molecule has 0 aliphatic carbocycles. The number of anilines is 1. The molecule has 0 atom stereocenters. The number of fused-ring (bicyclic) bond motifs is 2. The van der Waals surface area contributed by atoms with Crippen LogP contribution in [-0.4, -0.2) is 47.6 Å². The number of aromatic nitrogens is 7. The van der Waals surface area contributed by atoms with E-state index < -0.39 is 0 Å². The highest BCUT2D eigenvalue weighted by atomic mass is 19.1. The van der Waals surface area contributed by atoms with Gasteiger partial charge in [-0.1, -0.05) is 0 Å². The van der Waals surface area contributed by atoms with Crippen LogP contribution in [-0.2, 0) is 19.5 Å². The summed E-state index contributed by atoms with van der Waals surface area (Å²) in [5, 5.41) is 15.2. The van der Waals surface area contributed by atoms with E-state index in [4.69, 9.17) is 9.47 Å².